The van der Waals surface area contributed by atoms with Crippen molar-refractivity contribution in [2.75, 3.05) is 7.05 Å². The van der Waals surface area contributed by atoms with E-state index >= 15 is 0 Å². The molecule has 2 heterocycles. The van der Waals surface area contributed by atoms with Crippen LogP contribution in [0.4, 0.5) is 11.4 Å². The molecule has 7 heteroatoms. The van der Waals surface area contributed by atoms with Crippen molar-refractivity contribution in [3.05, 3.63) is 106 Å². The van der Waals surface area contributed by atoms with Crippen molar-refractivity contribution in [1.29, 1.82) is 0 Å². The molecule has 6 rings (SSSR count). The number of aromatic nitrogens is 1. The van der Waals surface area contributed by atoms with E-state index in [0.717, 1.165) is 44.7 Å². The Kier molecular flexibility index (Phi) is 5.11. The number of aryl methyl sites for hydroxylation is 1. The number of benzene rings is 3. The molecule has 38 heavy (non-hydrogen) atoms. The van der Waals surface area contributed by atoms with Gasteiger partial charge in [0.1, 0.15) is 13.0 Å². The van der Waals surface area contributed by atoms with Gasteiger partial charge in [-0.15, -0.1) is 0 Å². The molecule has 0 radical (unpaired) electrons. The van der Waals surface area contributed by atoms with Crippen LogP contribution in [-0.2, 0) is 22.1 Å². The first-order chi connectivity index (χ1) is 18.1. The van der Waals surface area contributed by atoms with E-state index < -0.39 is 16.3 Å². The Morgan fingerprint density at radius 2 is 1.63 bits per heavy atom. The van der Waals surface area contributed by atoms with Crippen LogP contribution in [0.2, 0.25) is 0 Å². The summed E-state index contributed by atoms with van der Waals surface area (Å²) in [7, 11) is 3.82. The maximum atomic E-state index is 13.7. The third kappa shape index (κ3) is 3.18. The van der Waals surface area contributed by atoms with Gasteiger partial charge in [0, 0.05) is 53.4 Å². The maximum Gasteiger partial charge on any atom is 0.270 e. The molecule has 1 aliphatic carbocycles. The molecule has 0 unspecified atom stereocenters. The van der Waals surface area contributed by atoms with Gasteiger partial charge < -0.3 is 4.57 Å². The predicted molar refractivity (Wildman–Crippen MR) is 146 cm³/mol. The average Bonchev–Trinajstić information content (AvgIpc) is 3.30. The van der Waals surface area contributed by atoms with E-state index in [1.54, 1.807) is 18.2 Å². The third-order valence-corrected chi connectivity index (χ3v) is 8.05. The number of non-ortho nitro benzene ring substituents is 1. The number of allylic oxidation sites excluding steroid dienone is 2. The first-order valence-electron chi connectivity index (χ1n) is 12.5. The van der Waals surface area contributed by atoms with Crippen molar-refractivity contribution in [2.45, 2.75) is 25.2 Å². The van der Waals surface area contributed by atoms with Gasteiger partial charge in [0.15, 0.2) is 17.3 Å². The van der Waals surface area contributed by atoms with Gasteiger partial charge in [0.25, 0.3) is 5.69 Å². The van der Waals surface area contributed by atoms with Crippen LogP contribution >= 0.6 is 0 Å². The van der Waals surface area contributed by atoms with Crippen molar-refractivity contribution in [2.24, 2.45) is 7.05 Å². The molecule has 1 saturated carbocycles. The molecule has 3 aromatic carbocycles. The third-order valence-electron chi connectivity index (χ3n) is 8.05. The molecule has 1 aliphatic heterocycles. The number of para-hydroxylation sites is 1. The number of ketones is 2. The standard InChI is InChI=1S/C31H26N3O4/c1-31(2)22-16-19(34(37)38)14-15-24(22)32(3)25(31)17-21-29(35)27(30(21)36)26-20-12-8-9-13-23(20)33(4)28(26)18-10-6-5-7-11-18/h5-17,27H,1-4H3/q+1. The SMILES string of the molecule is Cn1c(-c2ccccc2)c(C2C(=O)C(=CC3=[N+](C)c4ccc([N+](=O)[O-])cc4C3(C)C)C2=O)c2ccccc21. The molecule has 0 saturated heterocycles. The van der Waals surface area contributed by atoms with Crippen LogP contribution in [-0.4, -0.2) is 38.4 Å². The summed E-state index contributed by atoms with van der Waals surface area (Å²) < 4.78 is 3.96. The lowest BCUT2D eigenvalue weighted by Gasteiger charge is -2.27. The Labute approximate surface area is 219 Å². The van der Waals surface area contributed by atoms with Gasteiger partial charge in [-0.05, 0) is 25.5 Å². The number of nitro benzene ring substituents is 1. The molecule has 188 valence electrons. The second-order valence-electron chi connectivity index (χ2n) is 10.5. The predicted octanol–water partition coefficient (Wildman–Crippen LogP) is 5.62. The lowest BCUT2D eigenvalue weighted by molar-refractivity contribution is -0.402. The minimum Gasteiger partial charge on any atom is -0.343 e. The van der Waals surface area contributed by atoms with Crippen molar-refractivity contribution in [3.8, 4) is 11.3 Å². The summed E-state index contributed by atoms with van der Waals surface area (Å²) in [6, 6.07) is 22.4. The summed E-state index contributed by atoms with van der Waals surface area (Å²) in [5.74, 6) is -1.29. The van der Waals surface area contributed by atoms with Crippen molar-refractivity contribution < 1.29 is 19.1 Å². The summed E-state index contributed by atoms with van der Waals surface area (Å²) in [6.07, 6.45) is 1.68. The van der Waals surface area contributed by atoms with E-state index in [1.807, 2.05) is 87.1 Å². The molecule has 0 bridgehead atoms. The largest absolute Gasteiger partial charge is 0.343 e. The fourth-order valence-electron chi connectivity index (χ4n) is 6.07. The fraction of sp³-hybridized carbons (Fsp3) is 0.194. The summed E-state index contributed by atoms with van der Waals surface area (Å²) in [5.41, 5.74) is 5.44. The molecule has 0 amide bonds. The monoisotopic (exact) mass is 504 g/mol. The Bertz CT molecular complexity index is 1760. The van der Waals surface area contributed by atoms with Gasteiger partial charge in [0.05, 0.1) is 21.6 Å². The van der Waals surface area contributed by atoms with Crippen LogP contribution in [0.25, 0.3) is 22.2 Å². The topological polar surface area (TPSA) is 85.2 Å². The molecular formula is C31H26N3O4+. The highest BCUT2D eigenvalue weighted by Crippen LogP contribution is 2.46. The van der Waals surface area contributed by atoms with E-state index in [4.69, 9.17) is 0 Å². The highest BCUT2D eigenvalue weighted by molar-refractivity contribution is 6.44. The first kappa shape index (κ1) is 23.7. The zero-order valence-electron chi connectivity index (χ0n) is 21.6. The van der Waals surface area contributed by atoms with Crippen LogP contribution < -0.4 is 0 Å². The lowest BCUT2D eigenvalue weighted by atomic mass is 9.70. The number of Topliss-reactive ketones (excluding diaryl/α,β-unsaturated/α-hetero) is 2. The molecule has 4 aromatic rings. The number of nitrogens with zero attached hydrogens (tertiary/aromatic N) is 3. The van der Waals surface area contributed by atoms with Crippen LogP contribution in [0.15, 0.2) is 84.4 Å². The summed E-state index contributed by atoms with van der Waals surface area (Å²) in [4.78, 5) is 38.4. The summed E-state index contributed by atoms with van der Waals surface area (Å²) in [5, 5.41) is 12.3. The van der Waals surface area contributed by atoms with Gasteiger partial charge in [-0.25, -0.2) is 0 Å². The Morgan fingerprint density at radius 3 is 2.32 bits per heavy atom. The Morgan fingerprint density at radius 1 is 0.974 bits per heavy atom. The maximum absolute atomic E-state index is 13.7. The molecule has 1 fully saturated rings. The number of rotatable bonds is 4. The Balaban J connectivity index is 1.45. The fourth-order valence-corrected chi connectivity index (χ4v) is 6.07. The van der Waals surface area contributed by atoms with Gasteiger partial charge in [0.2, 0.25) is 5.69 Å². The van der Waals surface area contributed by atoms with Gasteiger partial charge in [-0.2, -0.15) is 4.58 Å². The van der Waals surface area contributed by atoms with Crippen LogP contribution in [0.3, 0.4) is 0 Å². The van der Waals surface area contributed by atoms with Gasteiger partial charge in [-0.1, -0.05) is 48.5 Å². The number of carbonyl (C=O) groups is 2. The average molecular weight is 505 g/mol. The molecule has 0 spiro atoms. The minimum atomic E-state index is -0.874. The normalized spacial score (nSPS) is 18.1. The van der Waals surface area contributed by atoms with E-state index in [-0.39, 0.29) is 22.8 Å². The zero-order chi connectivity index (χ0) is 26.9. The van der Waals surface area contributed by atoms with Gasteiger partial charge in [-0.3, -0.25) is 19.7 Å². The van der Waals surface area contributed by atoms with Crippen LogP contribution in [0, 0.1) is 10.1 Å². The van der Waals surface area contributed by atoms with E-state index in [2.05, 4.69) is 4.57 Å². The molecule has 0 N–H and O–H groups in total. The molecule has 2 aliphatic rings. The van der Waals surface area contributed by atoms with E-state index in [1.165, 1.54) is 6.07 Å². The number of hydrogen-bond donors (Lipinski definition) is 0. The number of hydrogen-bond acceptors (Lipinski definition) is 4. The second-order valence-corrected chi connectivity index (χ2v) is 10.5. The number of nitro groups is 1. The number of carbonyl (C=O) groups excluding carboxylic acids is 2. The molecule has 7 nitrogen and oxygen atoms in total. The molecule has 1 aromatic heterocycles. The smallest absolute Gasteiger partial charge is 0.270 e. The summed E-state index contributed by atoms with van der Waals surface area (Å²) >= 11 is 0. The van der Waals surface area contributed by atoms with Crippen LogP contribution in [0.5, 0.6) is 0 Å². The van der Waals surface area contributed by atoms with Crippen molar-refractivity contribution in [1.82, 2.24) is 4.57 Å². The zero-order valence-corrected chi connectivity index (χ0v) is 21.6. The van der Waals surface area contributed by atoms with E-state index in [9.17, 15) is 19.7 Å². The minimum absolute atomic E-state index is 0.0133. The summed E-state index contributed by atoms with van der Waals surface area (Å²) in [6.45, 7) is 3.91. The lowest BCUT2D eigenvalue weighted by Crippen LogP contribution is -2.40. The number of fused-ring (bicyclic) bond motifs is 2. The van der Waals surface area contributed by atoms with Crippen LogP contribution in [0.1, 0.15) is 30.9 Å². The second kappa shape index (κ2) is 8.18. The molecule has 0 atom stereocenters. The first-order valence-corrected chi connectivity index (χ1v) is 12.5. The van der Waals surface area contributed by atoms with Crippen molar-refractivity contribution in [3.63, 3.8) is 0 Å². The Hall–Kier alpha value is -4.65. The van der Waals surface area contributed by atoms with Crippen molar-refractivity contribution >= 4 is 39.6 Å². The van der Waals surface area contributed by atoms with E-state index in [0.29, 0.717) is 0 Å². The highest BCUT2D eigenvalue weighted by atomic mass is 16.6. The highest BCUT2D eigenvalue weighted by Gasteiger charge is 2.51. The van der Waals surface area contributed by atoms with Gasteiger partial charge >= 0.3 is 0 Å². The molecular weight excluding hydrogens is 478 g/mol. The quantitative estimate of drug-likeness (QED) is 0.0901.